The van der Waals surface area contributed by atoms with Crippen molar-refractivity contribution < 1.29 is 14.6 Å². The van der Waals surface area contributed by atoms with Crippen molar-refractivity contribution in [2.45, 2.75) is 84.5 Å². The monoisotopic (exact) mass is 334 g/mol. The zero-order chi connectivity index (χ0) is 18.4. The predicted octanol–water partition coefficient (Wildman–Crippen LogP) is 5.70. The molecule has 1 aromatic rings. The molecule has 0 aliphatic heterocycles. The van der Waals surface area contributed by atoms with Gasteiger partial charge in [-0.2, -0.15) is 0 Å². The van der Waals surface area contributed by atoms with Crippen LogP contribution in [0.5, 0.6) is 5.75 Å². The summed E-state index contributed by atoms with van der Waals surface area (Å²) in [6.45, 7) is 14.0. The van der Waals surface area contributed by atoms with Crippen LogP contribution in [0, 0.1) is 0 Å². The highest BCUT2D eigenvalue weighted by Gasteiger charge is 2.20. The number of carboxylic acids is 1. The molecule has 0 bridgehead atoms. The molecule has 0 fully saturated rings. The molecule has 1 aromatic carbocycles. The largest absolute Gasteiger partial charge is 0.494 e. The van der Waals surface area contributed by atoms with Gasteiger partial charge in [0.05, 0.1) is 6.61 Å². The van der Waals surface area contributed by atoms with Crippen LogP contribution in [0.15, 0.2) is 18.2 Å². The lowest BCUT2D eigenvalue weighted by molar-refractivity contribution is -0.137. The topological polar surface area (TPSA) is 46.5 Å². The van der Waals surface area contributed by atoms with Gasteiger partial charge in [0.2, 0.25) is 0 Å². The van der Waals surface area contributed by atoms with Gasteiger partial charge in [-0.3, -0.25) is 4.79 Å². The van der Waals surface area contributed by atoms with Gasteiger partial charge in [-0.1, -0.05) is 60.5 Å². The van der Waals surface area contributed by atoms with Crippen LogP contribution in [0.25, 0.3) is 0 Å². The number of aliphatic carboxylic acids is 1. The SMILES string of the molecule is CC(C)(C)c1cc(OCCCCCCC(=O)O)cc(C(C)(C)C)c1. The fraction of sp³-hybridized carbons (Fsp3) is 0.667. The van der Waals surface area contributed by atoms with Crippen molar-refractivity contribution in [3.63, 3.8) is 0 Å². The first kappa shape index (κ1) is 20.5. The minimum Gasteiger partial charge on any atom is -0.494 e. The van der Waals surface area contributed by atoms with E-state index < -0.39 is 5.97 Å². The average molecular weight is 335 g/mol. The highest BCUT2D eigenvalue weighted by molar-refractivity contribution is 5.66. The van der Waals surface area contributed by atoms with Crippen LogP contribution in [0.2, 0.25) is 0 Å². The van der Waals surface area contributed by atoms with Crippen molar-refractivity contribution in [2.75, 3.05) is 6.61 Å². The zero-order valence-corrected chi connectivity index (χ0v) is 16.2. The molecule has 0 radical (unpaired) electrons. The second-order valence-electron chi connectivity index (χ2n) is 8.65. The number of hydrogen-bond acceptors (Lipinski definition) is 2. The maximum Gasteiger partial charge on any atom is 0.303 e. The Labute approximate surface area is 147 Å². The molecule has 1 N–H and O–H groups in total. The van der Waals surface area contributed by atoms with Crippen LogP contribution in [0.3, 0.4) is 0 Å². The predicted molar refractivity (Wildman–Crippen MR) is 100 cm³/mol. The van der Waals surface area contributed by atoms with Gasteiger partial charge in [-0.25, -0.2) is 0 Å². The summed E-state index contributed by atoms with van der Waals surface area (Å²) in [5, 5.41) is 8.62. The van der Waals surface area contributed by atoms with E-state index in [9.17, 15) is 4.79 Å². The molecule has 1 rings (SSSR count). The highest BCUT2D eigenvalue weighted by Crippen LogP contribution is 2.33. The molecule has 0 aliphatic carbocycles. The molecule has 0 atom stereocenters. The van der Waals surface area contributed by atoms with Gasteiger partial charge in [-0.05, 0) is 46.9 Å². The summed E-state index contributed by atoms with van der Waals surface area (Å²) < 4.78 is 5.99. The number of carboxylic acid groups (broad SMARTS) is 1. The van der Waals surface area contributed by atoms with E-state index in [4.69, 9.17) is 9.84 Å². The Kier molecular flexibility index (Phi) is 7.31. The second-order valence-corrected chi connectivity index (χ2v) is 8.65. The van der Waals surface area contributed by atoms with Crippen molar-refractivity contribution in [1.29, 1.82) is 0 Å². The summed E-state index contributed by atoms with van der Waals surface area (Å²) in [7, 11) is 0. The maximum atomic E-state index is 10.5. The Bertz CT molecular complexity index is 501. The van der Waals surface area contributed by atoms with E-state index in [1.54, 1.807) is 0 Å². The third-order valence-electron chi connectivity index (χ3n) is 4.19. The zero-order valence-electron chi connectivity index (χ0n) is 16.2. The summed E-state index contributed by atoms with van der Waals surface area (Å²) in [4.78, 5) is 10.5. The second kappa shape index (κ2) is 8.55. The van der Waals surface area contributed by atoms with Gasteiger partial charge < -0.3 is 9.84 Å². The van der Waals surface area contributed by atoms with E-state index in [1.807, 2.05) is 0 Å². The lowest BCUT2D eigenvalue weighted by atomic mass is 9.80. The third kappa shape index (κ3) is 7.37. The number of ether oxygens (including phenoxy) is 1. The lowest BCUT2D eigenvalue weighted by Gasteiger charge is -2.26. The molecule has 0 heterocycles. The Morgan fingerprint density at radius 1 is 0.875 bits per heavy atom. The molecule has 0 amide bonds. The number of rotatable bonds is 8. The molecule has 0 saturated carbocycles. The normalized spacial score (nSPS) is 12.2. The number of benzene rings is 1. The number of carbonyl (C=O) groups is 1. The molecule has 0 aromatic heterocycles. The van der Waals surface area contributed by atoms with Gasteiger partial charge in [0, 0.05) is 6.42 Å². The van der Waals surface area contributed by atoms with Gasteiger partial charge in [0.15, 0.2) is 0 Å². The lowest BCUT2D eigenvalue weighted by Crippen LogP contribution is -2.16. The van der Waals surface area contributed by atoms with Crippen molar-refractivity contribution in [3.8, 4) is 5.75 Å². The summed E-state index contributed by atoms with van der Waals surface area (Å²) in [6, 6.07) is 6.60. The van der Waals surface area contributed by atoms with Gasteiger partial charge in [0.1, 0.15) is 5.75 Å². The molecule has 0 saturated heterocycles. The van der Waals surface area contributed by atoms with Crippen molar-refractivity contribution in [3.05, 3.63) is 29.3 Å². The van der Waals surface area contributed by atoms with Gasteiger partial charge in [0.25, 0.3) is 0 Å². The summed E-state index contributed by atoms with van der Waals surface area (Å²) >= 11 is 0. The van der Waals surface area contributed by atoms with Gasteiger partial charge in [-0.15, -0.1) is 0 Å². The van der Waals surface area contributed by atoms with E-state index in [-0.39, 0.29) is 17.3 Å². The minimum absolute atomic E-state index is 0.0935. The Morgan fingerprint density at radius 2 is 1.38 bits per heavy atom. The molecule has 136 valence electrons. The minimum atomic E-state index is -0.708. The van der Waals surface area contributed by atoms with E-state index in [2.05, 4.69) is 59.7 Å². The molecule has 3 nitrogen and oxygen atoms in total. The van der Waals surface area contributed by atoms with Crippen LogP contribution in [-0.4, -0.2) is 17.7 Å². The maximum absolute atomic E-state index is 10.5. The molecule has 3 heteroatoms. The van der Waals surface area contributed by atoms with E-state index in [0.717, 1.165) is 31.4 Å². The van der Waals surface area contributed by atoms with Crippen molar-refractivity contribution in [1.82, 2.24) is 0 Å². The van der Waals surface area contributed by atoms with Crippen LogP contribution >= 0.6 is 0 Å². The Balaban J connectivity index is 2.62. The van der Waals surface area contributed by atoms with Crippen LogP contribution in [-0.2, 0) is 15.6 Å². The third-order valence-corrected chi connectivity index (χ3v) is 4.19. The molecule has 0 aliphatic rings. The van der Waals surface area contributed by atoms with Crippen LogP contribution in [0.4, 0.5) is 0 Å². The fourth-order valence-electron chi connectivity index (χ4n) is 2.47. The standard InChI is InChI=1S/C21H34O3/c1-20(2,3)16-13-17(21(4,5)6)15-18(14-16)24-12-10-8-7-9-11-19(22)23/h13-15H,7-12H2,1-6H3,(H,22,23). The van der Waals surface area contributed by atoms with Gasteiger partial charge >= 0.3 is 5.97 Å². The van der Waals surface area contributed by atoms with E-state index >= 15 is 0 Å². The van der Waals surface area contributed by atoms with Crippen molar-refractivity contribution >= 4 is 5.97 Å². The summed E-state index contributed by atoms with van der Waals surface area (Å²) in [5.74, 6) is 0.234. The van der Waals surface area contributed by atoms with Crippen molar-refractivity contribution in [2.24, 2.45) is 0 Å². The van der Waals surface area contributed by atoms with Crippen LogP contribution < -0.4 is 4.74 Å². The fourth-order valence-corrected chi connectivity index (χ4v) is 2.47. The first-order chi connectivity index (χ1) is 11.0. The van der Waals surface area contributed by atoms with E-state index in [1.165, 1.54) is 11.1 Å². The number of unbranched alkanes of at least 4 members (excludes halogenated alkanes) is 3. The molecule has 0 spiro atoms. The Morgan fingerprint density at radius 3 is 1.83 bits per heavy atom. The highest BCUT2D eigenvalue weighted by atomic mass is 16.5. The quantitative estimate of drug-likeness (QED) is 0.621. The number of hydrogen-bond donors (Lipinski definition) is 1. The molecule has 24 heavy (non-hydrogen) atoms. The average Bonchev–Trinajstić information content (AvgIpc) is 2.43. The summed E-state index contributed by atoms with van der Waals surface area (Å²) in [5.41, 5.74) is 2.78. The molecular formula is C21H34O3. The van der Waals surface area contributed by atoms with E-state index in [0.29, 0.717) is 6.61 Å². The first-order valence-electron chi connectivity index (χ1n) is 9.01. The van der Waals surface area contributed by atoms with Crippen LogP contribution in [0.1, 0.15) is 84.8 Å². The molecule has 0 unspecified atom stereocenters. The molecular weight excluding hydrogens is 300 g/mol. The Hall–Kier alpha value is -1.51. The first-order valence-corrected chi connectivity index (χ1v) is 9.01. The summed E-state index contributed by atoms with van der Waals surface area (Å²) in [6.07, 6.45) is 3.94. The smallest absolute Gasteiger partial charge is 0.303 e.